The summed E-state index contributed by atoms with van der Waals surface area (Å²) in [5.41, 5.74) is 6.02. The molecule has 1 N–H and O–H groups in total. The zero-order valence-electron chi connectivity index (χ0n) is 19.4. The molecule has 2 unspecified atom stereocenters. The molecular weight excluding hydrogens is 422 g/mol. The van der Waals surface area contributed by atoms with Crippen molar-refractivity contribution in [2.75, 3.05) is 0 Å². The van der Waals surface area contributed by atoms with Gasteiger partial charge in [0.05, 0.1) is 18.4 Å². The van der Waals surface area contributed by atoms with Gasteiger partial charge in [0.1, 0.15) is 0 Å². The van der Waals surface area contributed by atoms with Gasteiger partial charge < -0.3 is 5.32 Å². The normalized spacial score (nSPS) is 17.9. The van der Waals surface area contributed by atoms with E-state index >= 15 is 0 Å². The molecule has 7 nitrogen and oxygen atoms in total. The predicted molar refractivity (Wildman–Crippen MR) is 135 cm³/mol. The number of benzene rings is 1. The molecule has 0 saturated heterocycles. The molecule has 172 valence electrons. The number of hydrogen-bond donors (Lipinski definition) is 1. The highest BCUT2D eigenvalue weighted by Gasteiger charge is 2.24. The van der Waals surface area contributed by atoms with Gasteiger partial charge in [0, 0.05) is 65.8 Å². The summed E-state index contributed by atoms with van der Waals surface area (Å²) in [6.45, 7) is 7.78. The summed E-state index contributed by atoms with van der Waals surface area (Å²) in [6, 6.07) is 8.99. The first kappa shape index (κ1) is 21.8. The predicted octanol–water partition coefficient (Wildman–Crippen LogP) is 5.18. The van der Waals surface area contributed by atoms with E-state index in [0.717, 1.165) is 59.2 Å². The van der Waals surface area contributed by atoms with Crippen molar-refractivity contribution in [3.05, 3.63) is 86.4 Å². The van der Waals surface area contributed by atoms with Gasteiger partial charge in [0.2, 0.25) is 0 Å². The molecule has 0 amide bonds. The van der Waals surface area contributed by atoms with E-state index in [1.807, 2.05) is 50.2 Å². The summed E-state index contributed by atoms with van der Waals surface area (Å²) in [5.74, 6) is 0.700. The monoisotopic (exact) mass is 451 g/mol. The summed E-state index contributed by atoms with van der Waals surface area (Å²) in [7, 11) is 1.92. The van der Waals surface area contributed by atoms with Crippen LogP contribution in [0.15, 0.2) is 86.4 Å². The number of rotatable bonds is 7. The summed E-state index contributed by atoms with van der Waals surface area (Å²) in [5, 5.41) is 12.4. The van der Waals surface area contributed by atoms with Crippen molar-refractivity contribution in [3.8, 4) is 33.6 Å². The highest BCUT2D eigenvalue weighted by atomic mass is 15.3. The zero-order chi connectivity index (χ0) is 23.5. The van der Waals surface area contributed by atoms with Crippen LogP contribution in [0.25, 0.3) is 33.6 Å². The van der Waals surface area contributed by atoms with E-state index < -0.39 is 0 Å². The van der Waals surface area contributed by atoms with Crippen molar-refractivity contribution in [2.45, 2.75) is 37.8 Å². The smallest absolute Gasteiger partial charge is 0.159 e. The molecule has 1 fully saturated rings. The zero-order valence-corrected chi connectivity index (χ0v) is 19.4. The van der Waals surface area contributed by atoms with E-state index in [1.165, 1.54) is 0 Å². The van der Waals surface area contributed by atoms with E-state index in [9.17, 15) is 0 Å². The fourth-order valence-electron chi connectivity index (χ4n) is 4.58. The Labute approximate surface area is 199 Å². The van der Waals surface area contributed by atoms with Crippen molar-refractivity contribution < 1.29 is 0 Å². The van der Waals surface area contributed by atoms with Gasteiger partial charge in [-0.25, -0.2) is 9.97 Å². The van der Waals surface area contributed by atoms with E-state index in [4.69, 9.17) is 0 Å². The van der Waals surface area contributed by atoms with E-state index in [2.05, 4.69) is 61.7 Å². The third kappa shape index (κ3) is 4.69. The largest absolute Gasteiger partial charge is 0.383 e. The van der Waals surface area contributed by atoms with Crippen molar-refractivity contribution >= 4 is 0 Å². The molecule has 3 aromatic heterocycles. The van der Waals surface area contributed by atoms with Crippen LogP contribution >= 0.6 is 0 Å². The first-order chi connectivity index (χ1) is 16.6. The Hall–Kier alpha value is -4.00. The minimum absolute atomic E-state index is 0.369. The number of nitrogens with one attached hydrogen (secondary N) is 1. The van der Waals surface area contributed by atoms with Crippen LogP contribution in [-0.2, 0) is 7.05 Å². The third-order valence-electron chi connectivity index (χ3n) is 6.40. The molecule has 2 atom stereocenters. The lowest BCUT2D eigenvalue weighted by atomic mass is 9.91. The Kier molecular flexibility index (Phi) is 6.08. The van der Waals surface area contributed by atoms with Crippen molar-refractivity contribution in [1.82, 2.24) is 34.8 Å². The molecule has 0 bridgehead atoms. The first-order valence-electron chi connectivity index (χ1n) is 11.6. The Balaban J connectivity index is 1.30. The maximum atomic E-state index is 4.66. The average molecular weight is 452 g/mol. The molecule has 34 heavy (non-hydrogen) atoms. The number of hydrogen-bond acceptors (Lipinski definition) is 5. The second-order valence-corrected chi connectivity index (χ2v) is 8.88. The fourth-order valence-corrected chi connectivity index (χ4v) is 4.58. The van der Waals surface area contributed by atoms with Crippen LogP contribution in [-0.4, -0.2) is 35.6 Å². The van der Waals surface area contributed by atoms with Gasteiger partial charge >= 0.3 is 0 Å². The highest BCUT2D eigenvalue weighted by molar-refractivity contribution is 5.70. The maximum absolute atomic E-state index is 4.66. The minimum Gasteiger partial charge on any atom is -0.383 e. The molecular formula is C27H29N7. The molecule has 0 aliphatic heterocycles. The van der Waals surface area contributed by atoms with Gasteiger partial charge in [0.15, 0.2) is 5.82 Å². The van der Waals surface area contributed by atoms with E-state index in [1.54, 1.807) is 10.8 Å². The number of nitrogens with zero attached hydrogens (tertiary/aromatic N) is 6. The summed E-state index contributed by atoms with van der Waals surface area (Å²) >= 11 is 0. The number of aromatic nitrogens is 6. The van der Waals surface area contributed by atoms with E-state index in [-0.39, 0.29) is 0 Å². The Morgan fingerprint density at radius 3 is 2.50 bits per heavy atom. The topological polar surface area (TPSA) is 73.5 Å². The lowest BCUT2D eigenvalue weighted by Gasteiger charge is -2.30. The molecule has 1 saturated carbocycles. The maximum Gasteiger partial charge on any atom is 0.159 e. The van der Waals surface area contributed by atoms with Crippen LogP contribution in [0.2, 0.25) is 0 Å². The lowest BCUT2D eigenvalue weighted by Crippen LogP contribution is -2.34. The highest BCUT2D eigenvalue weighted by Crippen LogP contribution is 2.30. The molecule has 0 spiro atoms. The van der Waals surface area contributed by atoms with Crippen LogP contribution in [0.5, 0.6) is 0 Å². The van der Waals surface area contributed by atoms with Crippen LogP contribution < -0.4 is 5.32 Å². The van der Waals surface area contributed by atoms with Gasteiger partial charge in [-0.15, -0.1) is 0 Å². The molecule has 4 aromatic rings. The second kappa shape index (κ2) is 9.47. The van der Waals surface area contributed by atoms with E-state index in [0.29, 0.717) is 17.9 Å². The van der Waals surface area contributed by atoms with Gasteiger partial charge in [-0.1, -0.05) is 31.4 Å². The van der Waals surface area contributed by atoms with Crippen LogP contribution in [0, 0.1) is 0 Å². The van der Waals surface area contributed by atoms with Crippen molar-refractivity contribution in [3.63, 3.8) is 0 Å². The Morgan fingerprint density at radius 1 is 0.971 bits per heavy atom. The van der Waals surface area contributed by atoms with Gasteiger partial charge in [0.25, 0.3) is 0 Å². The van der Waals surface area contributed by atoms with Crippen molar-refractivity contribution in [1.29, 1.82) is 0 Å². The van der Waals surface area contributed by atoms with Gasteiger partial charge in [-0.05, 0) is 43.4 Å². The summed E-state index contributed by atoms with van der Waals surface area (Å²) in [4.78, 5) is 9.29. The SMILES string of the molecule is C=CC(=C)NC1CCCC(n2cc(-c3cnc(-c4cccc(-c5cnn(C)c5)c4)nc3)cn2)C1. The van der Waals surface area contributed by atoms with Gasteiger partial charge in [-0.3, -0.25) is 9.36 Å². The number of allylic oxidation sites excluding steroid dienone is 1. The van der Waals surface area contributed by atoms with Crippen LogP contribution in [0.1, 0.15) is 31.7 Å². The van der Waals surface area contributed by atoms with Crippen LogP contribution in [0.3, 0.4) is 0 Å². The van der Waals surface area contributed by atoms with Gasteiger partial charge in [-0.2, -0.15) is 10.2 Å². The Bertz CT molecular complexity index is 1300. The molecule has 1 aliphatic carbocycles. The molecule has 1 aromatic carbocycles. The molecule has 5 rings (SSSR count). The summed E-state index contributed by atoms with van der Waals surface area (Å²) < 4.78 is 3.89. The molecule has 3 heterocycles. The standard InChI is InChI=1S/C27H29N7/c1-4-19(2)32-25-9-6-10-26(12-25)34-18-24(16-31-34)22-13-28-27(29-14-22)21-8-5-7-20(11-21)23-15-30-33(3)17-23/h4-5,7-8,11,13-18,25-26,32H,1-2,6,9-10,12H2,3H3. The summed E-state index contributed by atoms with van der Waals surface area (Å²) in [6.07, 6.45) is 17.9. The molecule has 0 radical (unpaired) electrons. The quantitative estimate of drug-likeness (QED) is 0.392. The first-order valence-corrected chi connectivity index (χ1v) is 11.6. The Morgan fingerprint density at radius 2 is 1.74 bits per heavy atom. The molecule has 1 aliphatic rings. The lowest BCUT2D eigenvalue weighted by molar-refractivity contribution is 0.281. The van der Waals surface area contributed by atoms with Crippen molar-refractivity contribution in [2.24, 2.45) is 7.05 Å². The number of aryl methyl sites for hydroxylation is 1. The second-order valence-electron chi connectivity index (χ2n) is 8.88. The third-order valence-corrected chi connectivity index (χ3v) is 6.40. The fraction of sp³-hybridized carbons (Fsp3) is 0.259. The average Bonchev–Trinajstić information content (AvgIpc) is 3.54. The minimum atomic E-state index is 0.369. The van der Waals surface area contributed by atoms with Crippen LogP contribution in [0.4, 0.5) is 0 Å². The molecule has 7 heteroatoms.